The summed E-state index contributed by atoms with van der Waals surface area (Å²) in [5.41, 5.74) is 0.702. The lowest BCUT2D eigenvalue weighted by atomic mass is 9.78. The van der Waals surface area contributed by atoms with E-state index >= 15 is 0 Å². The summed E-state index contributed by atoms with van der Waals surface area (Å²) in [4.78, 5) is 2.38. The Morgan fingerprint density at radius 1 is 1.14 bits per heavy atom. The van der Waals surface area contributed by atoms with Gasteiger partial charge in [-0.15, -0.1) is 0 Å². The molecule has 0 atom stereocenters. The van der Waals surface area contributed by atoms with E-state index in [-0.39, 0.29) is 5.54 Å². The summed E-state index contributed by atoms with van der Waals surface area (Å²) in [6, 6.07) is 0. The molecule has 0 aliphatic heterocycles. The second-order valence-corrected chi connectivity index (χ2v) is 5.72. The highest BCUT2D eigenvalue weighted by Crippen LogP contribution is 2.33. The smallest absolute Gasteiger partial charge is 0.0480 e. The van der Waals surface area contributed by atoms with Gasteiger partial charge in [-0.3, -0.25) is 4.90 Å². The Kier molecular flexibility index (Phi) is 5.10. The molecule has 1 N–H and O–H groups in total. The molecule has 0 saturated heterocycles. The highest BCUT2D eigenvalue weighted by molar-refractivity contribution is 4.85. The molecule has 2 nitrogen and oxygen atoms in total. The molecule has 0 saturated carbocycles. The molecule has 0 aliphatic rings. The average Bonchev–Trinajstić information content (AvgIpc) is 2.03. The molecule has 0 aromatic heterocycles. The van der Waals surface area contributed by atoms with Crippen LogP contribution in [0.2, 0.25) is 0 Å². The monoisotopic (exact) mass is 200 g/mol. The van der Waals surface area contributed by atoms with Crippen molar-refractivity contribution in [3.63, 3.8) is 0 Å². The van der Waals surface area contributed by atoms with Gasteiger partial charge < -0.3 is 5.32 Å². The van der Waals surface area contributed by atoms with Crippen LogP contribution in [-0.2, 0) is 0 Å². The van der Waals surface area contributed by atoms with Gasteiger partial charge >= 0.3 is 0 Å². The topological polar surface area (TPSA) is 15.3 Å². The average molecular weight is 200 g/mol. The molecule has 0 rings (SSSR count). The van der Waals surface area contributed by atoms with Gasteiger partial charge in [-0.25, -0.2) is 0 Å². The number of hydrogen-bond donors (Lipinski definition) is 1. The second kappa shape index (κ2) is 5.13. The Hall–Kier alpha value is -0.0800. The van der Waals surface area contributed by atoms with E-state index in [1.165, 1.54) is 12.8 Å². The van der Waals surface area contributed by atoms with Crippen molar-refractivity contribution in [2.75, 3.05) is 20.8 Å². The van der Waals surface area contributed by atoms with Crippen molar-refractivity contribution < 1.29 is 0 Å². The fourth-order valence-corrected chi connectivity index (χ4v) is 1.88. The quantitative estimate of drug-likeness (QED) is 0.663. The van der Waals surface area contributed by atoms with E-state index in [4.69, 9.17) is 0 Å². The highest BCUT2D eigenvalue weighted by atomic mass is 15.2. The van der Waals surface area contributed by atoms with Crippen molar-refractivity contribution in [2.45, 2.75) is 53.0 Å². The maximum Gasteiger partial charge on any atom is 0.0480 e. The zero-order valence-electron chi connectivity index (χ0n) is 11.1. The Bertz CT molecular complexity index is 162. The van der Waals surface area contributed by atoms with E-state index in [0.717, 1.165) is 6.67 Å². The molecule has 86 valence electrons. The molecule has 0 amide bonds. The normalized spacial score (nSPS) is 13.7. The lowest BCUT2D eigenvalue weighted by Crippen LogP contribution is -2.47. The Morgan fingerprint density at radius 3 is 2.00 bits per heavy atom. The van der Waals surface area contributed by atoms with Crippen molar-refractivity contribution in [3.8, 4) is 0 Å². The Labute approximate surface area is 90.1 Å². The fourth-order valence-electron chi connectivity index (χ4n) is 1.88. The van der Waals surface area contributed by atoms with Crippen LogP contribution in [0.1, 0.15) is 47.5 Å². The first-order chi connectivity index (χ1) is 6.25. The van der Waals surface area contributed by atoms with Crippen molar-refractivity contribution in [3.05, 3.63) is 0 Å². The van der Waals surface area contributed by atoms with Gasteiger partial charge in [0.25, 0.3) is 0 Å². The van der Waals surface area contributed by atoms with Crippen molar-refractivity contribution in [1.82, 2.24) is 10.2 Å². The fraction of sp³-hybridized carbons (Fsp3) is 1.00. The van der Waals surface area contributed by atoms with Crippen molar-refractivity contribution >= 4 is 0 Å². The molecule has 2 heteroatoms. The molecule has 0 fully saturated rings. The third-order valence-electron chi connectivity index (χ3n) is 3.30. The SMILES string of the molecule is CCC(C)(C)CC(C)(C)N(C)CNC. The first-order valence-electron chi connectivity index (χ1n) is 5.61. The van der Waals surface area contributed by atoms with Crippen LogP contribution in [0.15, 0.2) is 0 Å². The van der Waals surface area contributed by atoms with Crippen molar-refractivity contribution in [1.29, 1.82) is 0 Å². The van der Waals surface area contributed by atoms with Crippen LogP contribution < -0.4 is 5.32 Å². The largest absolute Gasteiger partial charge is 0.307 e. The maximum absolute atomic E-state index is 3.20. The standard InChI is InChI=1S/C12H28N2/c1-8-11(2,3)9-12(4,5)14(7)10-13-6/h13H,8-10H2,1-7H3. The van der Waals surface area contributed by atoms with Crippen LogP contribution in [0.25, 0.3) is 0 Å². The van der Waals surface area contributed by atoms with Gasteiger partial charge in [0.1, 0.15) is 0 Å². The summed E-state index contributed by atoms with van der Waals surface area (Å²) in [5, 5.41) is 3.20. The van der Waals surface area contributed by atoms with Crippen molar-refractivity contribution in [2.24, 2.45) is 5.41 Å². The summed E-state index contributed by atoms with van der Waals surface area (Å²) < 4.78 is 0. The molecular formula is C12H28N2. The van der Waals surface area contributed by atoms with Crippen LogP contribution in [0.4, 0.5) is 0 Å². The van der Waals surface area contributed by atoms with Gasteiger partial charge in [0.15, 0.2) is 0 Å². The van der Waals surface area contributed by atoms with Gasteiger partial charge in [-0.2, -0.15) is 0 Å². The molecule has 0 spiro atoms. The molecule has 0 unspecified atom stereocenters. The molecular weight excluding hydrogens is 172 g/mol. The number of nitrogens with zero attached hydrogens (tertiary/aromatic N) is 1. The zero-order valence-corrected chi connectivity index (χ0v) is 11.1. The Balaban J connectivity index is 4.31. The molecule has 0 heterocycles. The van der Waals surface area contributed by atoms with E-state index in [0.29, 0.717) is 5.41 Å². The van der Waals surface area contributed by atoms with E-state index in [1.807, 2.05) is 7.05 Å². The van der Waals surface area contributed by atoms with Crippen LogP contribution in [0.3, 0.4) is 0 Å². The predicted octanol–water partition coefficient (Wildman–Crippen LogP) is 2.70. The van der Waals surface area contributed by atoms with Crippen LogP contribution >= 0.6 is 0 Å². The summed E-state index contributed by atoms with van der Waals surface area (Å²) in [6.45, 7) is 12.6. The van der Waals surface area contributed by atoms with Crippen LogP contribution in [0.5, 0.6) is 0 Å². The zero-order chi connectivity index (χ0) is 11.4. The molecule has 0 aromatic rings. The van der Waals surface area contributed by atoms with E-state index in [1.54, 1.807) is 0 Å². The lowest BCUT2D eigenvalue weighted by molar-refractivity contribution is 0.0893. The highest BCUT2D eigenvalue weighted by Gasteiger charge is 2.30. The summed E-state index contributed by atoms with van der Waals surface area (Å²) in [7, 11) is 4.18. The van der Waals surface area contributed by atoms with Gasteiger partial charge in [0, 0.05) is 12.2 Å². The van der Waals surface area contributed by atoms with E-state index in [9.17, 15) is 0 Å². The third kappa shape index (κ3) is 4.43. The molecule has 14 heavy (non-hydrogen) atoms. The molecule has 0 aromatic carbocycles. The first-order valence-corrected chi connectivity index (χ1v) is 5.61. The predicted molar refractivity (Wildman–Crippen MR) is 64.5 cm³/mol. The minimum absolute atomic E-state index is 0.266. The summed E-state index contributed by atoms with van der Waals surface area (Å²) in [6.07, 6.45) is 2.47. The van der Waals surface area contributed by atoms with Gasteiger partial charge in [-0.05, 0) is 39.8 Å². The molecule has 0 bridgehead atoms. The van der Waals surface area contributed by atoms with Gasteiger partial charge in [0.2, 0.25) is 0 Å². The lowest BCUT2D eigenvalue weighted by Gasteiger charge is -2.41. The van der Waals surface area contributed by atoms with Gasteiger partial charge in [0.05, 0.1) is 0 Å². The number of hydrogen-bond acceptors (Lipinski definition) is 2. The first kappa shape index (κ1) is 13.9. The van der Waals surface area contributed by atoms with E-state index in [2.05, 4.69) is 51.9 Å². The van der Waals surface area contributed by atoms with Gasteiger partial charge in [-0.1, -0.05) is 27.2 Å². The van der Waals surface area contributed by atoms with E-state index < -0.39 is 0 Å². The summed E-state index contributed by atoms with van der Waals surface area (Å²) in [5.74, 6) is 0. The maximum atomic E-state index is 3.20. The minimum Gasteiger partial charge on any atom is -0.307 e. The number of nitrogens with one attached hydrogen (secondary N) is 1. The molecule has 0 radical (unpaired) electrons. The number of rotatable bonds is 6. The van der Waals surface area contributed by atoms with Crippen LogP contribution in [0, 0.1) is 5.41 Å². The Morgan fingerprint density at radius 2 is 1.64 bits per heavy atom. The summed E-state index contributed by atoms with van der Waals surface area (Å²) >= 11 is 0. The minimum atomic E-state index is 0.266. The van der Waals surface area contributed by atoms with Crippen LogP contribution in [-0.4, -0.2) is 31.2 Å². The second-order valence-electron chi connectivity index (χ2n) is 5.72. The third-order valence-corrected chi connectivity index (χ3v) is 3.30. The molecule has 0 aliphatic carbocycles.